The van der Waals surface area contributed by atoms with Crippen molar-refractivity contribution in [3.05, 3.63) is 83.9 Å². The fourth-order valence-electron chi connectivity index (χ4n) is 2.70. The van der Waals surface area contributed by atoms with Gasteiger partial charge in [0.05, 0.1) is 0 Å². The molecule has 0 saturated carbocycles. The summed E-state index contributed by atoms with van der Waals surface area (Å²) in [4.78, 5) is 12.7. The van der Waals surface area contributed by atoms with Gasteiger partial charge in [-0.3, -0.25) is 5.32 Å². The van der Waals surface area contributed by atoms with E-state index in [2.05, 4.69) is 22.5 Å². The lowest BCUT2D eigenvalue weighted by Crippen LogP contribution is -2.44. The zero-order valence-corrected chi connectivity index (χ0v) is 13.7. The SMILES string of the molecule is O=C1C(c2ccccc2)Nc2ccc(SCc3ccccc3)n[n+]21. The van der Waals surface area contributed by atoms with E-state index in [9.17, 15) is 4.79 Å². The molecule has 1 N–H and O–H groups in total. The smallest absolute Gasteiger partial charge is 0.254 e. The van der Waals surface area contributed by atoms with E-state index in [1.165, 1.54) is 10.2 Å². The van der Waals surface area contributed by atoms with Crippen molar-refractivity contribution in [2.45, 2.75) is 16.8 Å². The van der Waals surface area contributed by atoms with Crippen LogP contribution in [0.3, 0.4) is 0 Å². The highest BCUT2D eigenvalue weighted by molar-refractivity contribution is 7.98. The van der Waals surface area contributed by atoms with E-state index in [4.69, 9.17) is 0 Å². The molecule has 2 aromatic carbocycles. The molecule has 1 aromatic heterocycles. The van der Waals surface area contributed by atoms with Crippen LogP contribution in [-0.2, 0) is 5.75 Å². The van der Waals surface area contributed by atoms with Crippen molar-refractivity contribution >= 4 is 23.5 Å². The lowest BCUT2D eigenvalue weighted by atomic mass is 10.1. The molecule has 5 heteroatoms. The van der Waals surface area contributed by atoms with Gasteiger partial charge in [0.15, 0.2) is 0 Å². The fraction of sp³-hybridized carbons (Fsp3) is 0.105. The number of hydrogen-bond donors (Lipinski definition) is 1. The number of rotatable bonds is 4. The van der Waals surface area contributed by atoms with Crippen LogP contribution in [0.1, 0.15) is 22.0 Å². The molecule has 1 aliphatic rings. The molecule has 0 spiro atoms. The minimum absolute atomic E-state index is 0.0432. The highest BCUT2D eigenvalue weighted by Gasteiger charge is 2.40. The minimum Gasteiger partial charge on any atom is -0.254 e. The van der Waals surface area contributed by atoms with Crippen molar-refractivity contribution in [1.82, 2.24) is 5.10 Å². The van der Waals surface area contributed by atoms with E-state index in [0.717, 1.165) is 22.2 Å². The summed E-state index contributed by atoms with van der Waals surface area (Å²) in [6.45, 7) is 0. The Hall–Kier alpha value is -2.66. The van der Waals surface area contributed by atoms with E-state index in [-0.39, 0.29) is 11.9 Å². The second kappa shape index (κ2) is 6.45. The van der Waals surface area contributed by atoms with Crippen LogP contribution in [-0.4, -0.2) is 11.0 Å². The fourth-order valence-corrected chi connectivity index (χ4v) is 3.51. The molecule has 0 amide bonds. The average molecular weight is 334 g/mol. The average Bonchev–Trinajstić information content (AvgIpc) is 2.98. The van der Waals surface area contributed by atoms with Crippen molar-refractivity contribution in [2.75, 3.05) is 5.32 Å². The van der Waals surface area contributed by atoms with Gasteiger partial charge in [-0.2, -0.15) is 0 Å². The number of nitrogens with zero attached hydrogens (tertiary/aromatic N) is 2. The highest BCUT2D eigenvalue weighted by atomic mass is 32.2. The van der Waals surface area contributed by atoms with E-state index in [1.54, 1.807) is 11.8 Å². The first kappa shape index (κ1) is 14.9. The van der Waals surface area contributed by atoms with Crippen molar-refractivity contribution in [3.63, 3.8) is 0 Å². The molecule has 0 bridgehead atoms. The van der Waals surface area contributed by atoms with Crippen LogP contribution < -0.4 is 10.00 Å². The summed E-state index contributed by atoms with van der Waals surface area (Å²) < 4.78 is 1.48. The molecular formula is C19H16N3OS+. The first-order valence-electron chi connectivity index (χ1n) is 7.77. The Bertz CT molecular complexity index is 868. The number of fused-ring (bicyclic) bond motifs is 1. The van der Waals surface area contributed by atoms with Crippen LogP contribution in [0, 0.1) is 0 Å². The summed E-state index contributed by atoms with van der Waals surface area (Å²) in [5, 5.41) is 8.58. The summed E-state index contributed by atoms with van der Waals surface area (Å²) in [5.74, 6) is 1.52. The Morgan fingerprint density at radius 3 is 2.42 bits per heavy atom. The lowest BCUT2D eigenvalue weighted by Gasteiger charge is -2.01. The molecule has 118 valence electrons. The van der Waals surface area contributed by atoms with Gasteiger partial charge in [-0.1, -0.05) is 82.2 Å². The monoisotopic (exact) mass is 334 g/mol. The van der Waals surface area contributed by atoms with Crippen molar-refractivity contribution < 1.29 is 9.48 Å². The molecule has 0 saturated heterocycles. The zero-order valence-electron chi connectivity index (χ0n) is 12.9. The summed E-state index contributed by atoms with van der Waals surface area (Å²) in [7, 11) is 0. The quantitative estimate of drug-likeness (QED) is 0.586. The zero-order chi connectivity index (χ0) is 16.4. The Kier molecular flexibility index (Phi) is 4.01. The number of aromatic nitrogens is 2. The number of carbonyl (C=O) groups excluding carboxylic acids is 1. The second-order valence-corrected chi connectivity index (χ2v) is 6.56. The molecule has 0 radical (unpaired) electrons. The van der Waals surface area contributed by atoms with Gasteiger partial charge >= 0.3 is 11.7 Å². The Labute approximate surface area is 144 Å². The first-order valence-corrected chi connectivity index (χ1v) is 8.75. The van der Waals surface area contributed by atoms with E-state index < -0.39 is 0 Å². The molecule has 1 aliphatic heterocycles. The van der Waals surface area contributed by atoms with E-state index >= 15 is 0 Å². The van der Waals surface area contributed by atoms with Gasteiger partial charge < -0.3 is 0 Å². The number of benzene rings is 2. The topological polar surface area (TPSA) is 45.9 Å². The van der Waals surface area contributed by atoms with Gasteiger partial charge in [-0.25, -0.2) is 4.79 Å². The van der Waals surface area contributed by atoms with Gasteiger partial charge in [0.1, 0.15) is 5.03 Å². The molecule has 4 rings (SSSR count). The maximum absolute atomic E-state index is 12.7. The number of nitrogens with one attached hydrogen (secondary N) is 1. The van der Waals surface area contributed by atoms with E-state index in [0.29, 0.717) is 0 Å². The standard InChI is InChI=1S/C19H15N3OS/c23-19-18(15-9-5-2-6-10-15)20-16-11-12-17(21-22(16)19)24-13-14-7-3-1-4-8-14/h1-12,18H,13H2/p+1. The van der Waals surface area contributed by atoms with E-state index in [1.807, 2.05) is 60.7 Å². The van der Waals surface area contributed by atoms with Crippen LogP contribution in [0.25, 0.3) is 0 Å². The molecule has 4 nitrogen and oxygen atoms in total. The predicted molar refractivity (Wildman–Crippen MR) is 93.9 cm³/mol. The Morgan fingerprint density at radius 2 is 1.67 bits per heavy atom. The number of hydrogen-bond acceptors (Lipinski definition) is 4. The summed E-state index contributed by atoms with van der Waals surface area (Å²) in [6.07, 6.45) is 0. The normalized spacial score (nSPS) is 15.8. The Balaban J connectivity index is 1.53. The van der Waals surface area contributed by atoms with Gasteiger partial charge in [-0.05, 0) is 11.6 Å². The van der Waals surface area contributed by atoms with Crippen LogP contribution in [0.15, 0.2) is 77.8 Å². The van der Waals surface area contributed by atoms with Gasteiger partial charge in [0.2, 0.25) is 6.04 Å². The molecule has 0 fully saturated rings. The molecule has 24 heavy (non-hydrogen) atoms. The van der Waals surface area contributed by atoms with Crippen molar-refractivity contribution in [3.8, 4) is 0 Å². The minimum atomic E-state index is -0.368. The Morgan fingerprint density at radius 1 is 0.958 bits per heavy atom. The summed E-state index contributed by atoms with van der Waals surface area (Å²) in [6, 6.07) is 23.5. The second-order valence-electron chi connectivity index (χ2n) is 5.57. The number of thioether (sulfide) groups is 1. The molecule has 1 atom stereocenters. The highest BCUT2D eigenvalue weighted by Crippen LogP contribution is 2.25. The third-order valence-corrected chi connectivity index (χ3v) is 4.91. The summed E-state index contributed by atoms with van der Waals surface area (Å²) in [5.41, 5.74) is 2.19. The van der Waals surface area contributed by atoms with Gasteiger partial charge in [0.25, 0.3) is 0 Å². The molecule has 1 unspecified atom stereocenters. The third kappa shape index (κ3) is 2.90. The van der Waals surface area contributed by atoms with Crippen LogP contribution >= 0.6 is 11.8 Å². The molecular weight excluding hydrogens is 318 g/mol. The first-order chi connectivity index (χ1) is 11.8. The number of carbonyl (C=O) groups is 1. The molecule has 0 aliphatic carbocycles. The summed E-state index contributed by atoms with van der Waals surface area (Å²) >= 11 is 1.63. The largest absolute Gasteiger partial charge is 0.384 e. The third-order valence-electron chi connectivity index (χ3n) is 3.92. The number of anilines is 1. The maximum atomic E-state index is 12.7. The van der Waals surface area contributed by atoms with Gasteiger partial charge in [0, 0.05) is 17.4 Å². The van der Waals surface area contributed by atoms with Crippen LogP contribution in [0.4, 0.5) is 5.82 Å². The maximum Gasteiger partial charge on any atom is 0.384 e. The van der Waals surface area contributed by atoms with Crippen molar-refractivity contribution in [1.29, 1.82) is 0 Å². The molecule has 3 aromatic rings. The van der Waals surface area contributed by atoms with Gasteiger partial charge in [-0.15, -0.1) is 0 Å². The van der Waals surface area contributed by atoms with Crippen LogP contribution in [0.2, 0.25) is 0 Å². The lowest BCUT2D eigenvalue weighted by molar-refractivity contribution is -0.621. The predicted octanol–water partition coefficient (Wildman–Crippen LogP) is 3.47. The van der Waals surface area contributed by atoms with Crippen LogP contribution in [0.5, 0.6) is 0 Å². The molecule has 2 heterocycles. The van der Waals surface area contributed by atoms with Crippen molar-refractivity contribution in [2.24, 2.45) is 0 Å².